The van der Waals surface area contributed by atoms with Crippen LogP contribution in [-0.2, 0) is 22.5 Å². The SMILES string of the molecule is CCc1nnc(CN2CCC([C@H]3CCCCCN3C(=O)C3CCOCC3)CC2)o1. The summed E-state index contributed by atoms with van der Waals surface area (Å²) in [4.78, 5) is 18.0. The summed E-state index contributed by atoms with van der Waals surface area (Å²) >= 11 is 0. The van der Waals surface area contributed by atoms with E-state index in [1.807, 2.05) is 6.92 Å². The number of likely N-dealkylation sites (tertiary alicyclic amines) is 2. The second-order valence-electron chi connectivity index (χ2n) is 8.89. The molecule has 3 aliphatic rings. The van der Waals surface area contributed by atoms with E-state index in [0.717, 1.165) is 89.7 Å². The summed E-state index contributed by atoms with van der Waals surface area (Å²) in [6.45, 7) is 7.29. The third-order valence-electron chi connectivity index (χ3n) is 7.00. The summed E-state index contributed by atoms with van der Waals surface area (Å²) in [6.07, 6.45) is 9.70. The fourth-order valence-corrected chi connectivity index (χ4v) is 5.26. The number of nitrogens with zero attached hydrogens (tertiary/aromatic N) is 4. The van der Waals surface area contributed by atoms with Gasteiger partial charge in [0.2, 0.25) is 17.7 Å². The van der Waals surface area contributed by atoms with Gasteiger partial charge in [-0.2, -0.15) is 0 Å². The minimum absolute atomic E-state index is 0.176. The Balaban J connectivity index is 1.35. The highest BCUT2D eigenvalue weighted by molar-refractivity contribution is 5.79. The van der Waals surface area contributed by atoms with E-state index in [9.17, 15) is 4.79 Å². The Morgan fingerprint density at radius 1 is 0.966 bits per heavy atom. The molecule has 4 rings (SSSR count). The molecule has 3 fully saturated rings. The Labute approximate surface area is 174 Å². The molecule has 0 N–H and O–H groups in total. The van der Waals surface area contributed by atoms with Crippen LogP contribution in [0.1, 0.15) is 70.1 Å². The quantitative estimate of drug-likeness (QED) is 0.751. The smallest absolute Gasteiger partial charge is 0.230 e. The van der Waals surface area contributed by atoms with Gasteiger partial charge in [0, 0.05) is 38.1 Å². The molecule has 1 aromatic rings. The van der Waals surface area contributed by atoms with Crippen LogP contribution in [0.15, 0.2) is 4.42 Å². The van der Waals surface area contributed by atoms with Crippen LogP contribution in [0.4, 0.5) is 0 Å². The van der Waals surface area contributed by atoms with Gasteiger partial charge < -0.3 is 14.1 Å². The van der Waals surface area contributed by atoms with Gasteiger partial charge in [0.25, 0.3) is 0 Å². The molecular formula is C22H36N4O3. The molecular weight excluding hydrogens is 368 g/mol. The highest BCUT2D eigenvalue weighted by Crippen LogP contribution is 2.32. The van der Waals surface area contributed by atoms with Crippen molar-refractivity contribution in [2.45, 2.75) is 77.3 Å². The molecule has 0 radical (unpaired) electrons. The van der Waals surface area contributed by atoms with E-state index in [0.29, 0.717) is 17.9 Å². The first kappa shape index (κ1) is 20.8. The zero-order valence-corrected chi connectivity index (χ0v) is 17.9. The van der Waals surface area contributed by atoms with Crippen molar-refractivity contribution in [3.05, 3.63) is 11.8 Å². The van der Waals surface area contributed by atoms with Crippen LogP contribution < -0.4 is 0 Å². The molecule has 1 atom stereocenters. The first-order chi connectivity index (χ1) is 14.2. The third kappa shape index (κ3) is 5.18. The van der Waals surface area contributed by atoms with Gasteiger partial charge in [-0.15, -0.1) is 10.2 Å². The number of carbonyl (C=O) groups excluding carboxylic acids is 1. The Morgan fingerprint density at radius 2 is 1.72 bits per heavy atom. The first-order valence-corrected chi connectivity index (χ1v) is 11.7. The van der Waals surface area contributed by atoms with E-state index in [-0.39, 0.29) is 5.92 Å². The van der Waals surface area contributed by atoms with Crippen LogP contribution in [0.2, 0.25) is 0 Å². The zero-order chi connectivity index (χ0) is 20.1. The summed E-state index contributed by atoms with van der Waals surface area (Å²) in [6, 6.07) is 0.421. The van der Waals surface area contributed by atoms with Crippen LogP contribution in [0.3, 0.4) is 0 Å². The molecule has 7 nitrogen and oxygen atoms in total. The fourth-order valence-electron chi connectivity index (χ4n) is 5.26. The highest BCUT2D eigenvalue weighted by Gasteiger charge is 2.36. The summed E-state index contributed by atoms with van der Waals surface area (Å²) in [5.74, 6) is 2.64. The maximum atomic E-state index is 13.3. The van der Waals surface area contributed by atoms with Crippen LogP contribution in [0.25, 0.3) is 0 Å². The van der Waals surface area contributed by atoms with Gasteiger partial charge in [-0.05, 0) is 57.5 Å². The minimum atomic E-state index is 0.176. The lowest BCUT2D eigenvalue weighted by Gasteiger charge is -2.42. The topological polar surface area (TPSA) is 71.7 Å². The molecule has 3 saturated heterocycles. The number of piperidine rings is 1. The summed E-state index contributed by atoms with van der Waals surface area (Å²) in [5, 5.41) is 8.24. The number of aromatic nitrogens is 2. The minimum Gasteiger partial charge on any atom is -0.424 e. The summed E-state index contributed by atoms with van der Waals surface area (Å²) in [5.41, 5.74) is 0. The molecule has 0 aliphatic carbocycles. The molecule has 1 aromatic heterocycles. The fraction of sp³-hybridized carbons (Fsp3) is 0.864. The van der Waals surface area contributed by atoms with E-state index in [4.69, 9.17) is 9.15 Å². The summed E-state index contributed by atoms with van der Waals surface area (Å²) in [7, 11) is 0. The van der Waals surface area contributed by atoms with E-state index in [1.165, 1.54) is 19.3 Å². The average molecular weight is 405 g/mol. The number of rotatable bonds is 5. The predicted molar refractivity (Wildman–Crippen MR) is 109 cm³/mol. The number of aryl methyl sites for hydroxylation is 1. The van der Waals surface area contributed by atoms with Crippen LogP contribution >= 0.6 is 0 Å². The lowest BCUT2D eigenvalue weighted by molar-refractivity contribution is -0.142. The van der Waals surface area contributed by atoms with E-state index in [1.54, 1.807) is 0 Å². The van der Waals surface area contributed by atoms with Crippen molar-refractivity contribution in [1.29, 1.82) is 0 Å². The van der Waals surface area contributed by atoms with Crippen molar-refractivity contribution in [2.75, 3.05) is 32.8 Å². The van der Waals surface area contributed by atoms with E-state index < -0.39 is 0 Å². The van der Waals surface area contributed by atoms with Crippen molar-refractivity contribution in [3.8, 4) is 0 Å². The molecule has 1 amide bonds. The maximum Gasteiger partial charge on any atom is 0.230 e. The van der Waals surface area contributed by atoms with Gasteiger partial charge in [0.05, 0.1) is 6.54 Å². The van der Waals surface area contributed by atoms with Crippen molar-refractivity contribution in [3.63, 3.8) is 0 Å². The Hall–Kier alpha value is -1.47. The standard InChI is InChI=1S/C22H36N4O3/c1-2-20-23-24-21(29-20)16-25-12-7-17(8-13-25)19-6-4-3-5-11-26(19)22(27)18-9-14-28-15-10-18/h17-19H,2-16H2,1H3/t19-/m1/s1. The van der Waals surface area contributed by atoms with Crippen molar-refractivity contribution in [1.82, 2.24) is 20.0 Å². The number of hydrogen-bond donors (Lipinski definition) is 0. The molecule has 4 heterocycles. The Kier molecular flexibility index (Phi) is 7.19. The Morgan fingerprint density at radius 3 is 2.45 bits per heavy atom. The van der Waals surface area contributed by atoms with E-state index in [2.05, 4.69) is 20.0 Å². The maximum absolute atomic E-state index is 13.3. The number of carbonyl (C=O) groups is 1. The van der Waals surface area contributed by atoms with Crippen LogP contribution in [-0.4, -0.2) is 64.8 Å². The molecule has 29 heavy (non-hydrogen) atoms. The van der Waals surface area contributed by atoms with Gasteiger partial charge in [0.15, 0.2) is 0 Å². The van der Waals surface area contributed by atoms with E-state index >= 15 is 0 Å². The largest absolute Gasteiger partial charge is 0.424 e. The molecule has 0 saturated carbocycles. The third-order valence-corrected chi connectivity index (χ3v) is 7.00. The lowest BCUT2D eigenvalue weighted by Crippen LogP contribution is -2.50. The Bertz CT molecular complexity index is 650. The normalized spacial score (nSPS) is 25.8. The second-order valence-corrected chi connectivity index (χ2v) is 8.89. The monoisotopic (exact) mass is 404 g/mol. The van der Waals surface area contributed by atoms with Crippen LogP contribution in [0.5, 0.6) is 0 Å². The van der Waals surface area contributed by atoms with Gasteiger partial charge in [-0.3, -0.25) is 9.69 Å². The lowest BCUT2D eigenvalue weighted by atomic mass is 9.85. The molecule has 0 aromatic carbocycles. The van der Waals surface area contributed by atoms with Crippen LogP contribution in [0, 0.1) is 11.8 Å². The highest BCUT2D eigenvalue weighted by atomic mass is 16.5. The zero-order valence-electron chi connectivity index (χ0n) is 17.9. The number of ether oxygens (including phenoxy) is 1. The van der Waals surface area contributed by atoms with Crippen molar-refractivity contribution in [2.24, 2.45) is 11.8 Å². The second kappa shape index (κ2) is 10.0. The molecule has 0 unspecified atom stereocenters. The number of amides is 1. The van der Waals surface area contributed by atoms with Gasteiger partial charge in [-0.25, -0.2) is 0 Å². The molecule has 7 heteroatoms. The molecule has 0 bridgehead atoms. The average Bonchev–Trinajstić information content (AvgIpc) is 3.08. The van der Waals surface area contributed by atoms with Gasteiger partial charge in [-0.1, -0.05) is 19.8 Å². The summed E-state index contributed by atoms with van der Waals surface area (Å²) < 4.78 is 11.2. The van der Waals surface area contributed by atoms with Crippen molar-refractivity contribution < 1.29 is 13.9 Å². The molecule has 0 spiro atoms. The predicted octanol–water partition coefficient (Wildman–Crippen LogP) is 3.04. The van der Waals surface area contributed by atoms with Crippen molar-refractivity contribution >= 4 is 5.91 Å². The first-order valence-electron chi connectivity index (χ1n) is 11.7. The number of hydrogen-bond acceptors (Lipinski definition) is 6. The van der Waals surface area contributed by atoms with Gasteiger partial charge in [0.1, 0.15) is 0 Å². The molecule has 162 valence electrons. The molecule has 3 aliphatic heterocycles. The van der Waals surface area contributed by atoms with Gasteiger partial charge >= 0.3 is 0 Å².